The SMILES string of the molecule is CC(=O)OC[C@H](C)CCC(=O)[C@H](C)[C@H]1C(=O)[C@H]2O[C@]23[C@@H]2CC[C@H]4C[C@@H](OC(C)=O)CC[C@]4(C)[C@H]2C[C@@H](OC(=O)c2ccccc2)[C@]13C. The lowest BCUT2D eigenvalue weighted by atomic mass is 9.43. The molecule has 1 aromatic carbocycles. The molecular formula is C38H50O9. The monoisotopic (exact) mass is 650 g/mol. The Bertz CT molecular complexity index is 1420. The molecular weight excluding hydrogens is 600 g/mol. The molecule has 4 saturated carbocycles. The minimum absolute atomic E-state index is 0.00887. The Labute approximate surface area is 277 Å². The van der Waals surface area contributed by atoms with E-state index in [0.717, 1.165) is 32.1 Å². The van der Waals surface area contributed by atoms with E-state index >= 15 is 0 Å². The minimum atomic E-state index is -0.878. The van der Waals surface area contributed by atoms with Gasteiger partial charge in [0.05, 0.1) is 12.2 Å². The fourth-order valence-electron chi connectivity index (χ4n) is 10.6. The molecule has 1 spiro atoms. The number of ketones is 2. The first-order valence-electron chi connectivity index (χ1n) is 17.5. The third kappa shape index (κ3) is 5.54. The van der Waals surface area contributed by atoms with Crippen LogP contribution in [0.1, 0.15) is 103 Å². The van der Waals surface area contributed by atoms with Crippen molar-refractivity contribution in [1.82, 2.24) is 0 Å². The Morgan fingerprint density at radius 3 is 2.34 bits per heavy atom. The molecule has 0 N–H and O–H groups in total. The first-order chi connectivity index (χ1) is 22.2. The van der Waals surface area contributed by atoms with Gasteiger partial charge in [-0.3, -0.25) is 19.2 Å². The Morgan fingerprint density at radius 1 is 0.936 bits per heavy atom. The molecule has 1 aromatic rings. The first-order valence-corrected chi connectivity index (χ1v) is 17.5. The molecule has 5 fully saturated rings. The largest absolute Gasteiger partial charge is 0.466 e. The maximum absolute atomic E-state index is 14.3. The summed E-state index contributed by atoms with van der Waals surface area (Å²) in [6.07, 6.45) is 4.37. The molecule has 5 aliphatic rings. The highest BCUT2D eigenvalue weighted by Crippen LogP contribution is 2.76. The van der Waals surface area contributed by atoms with Gasteiger partial charge in [-0.1, -0.05) is 45.9 Å². The van der Waals surface area contributed by atoms with E-state index in [-0.39, 0.29) is 65.8 Å². The third-order valence-electron chi connectivity index (χ3n) is 13.1. The van der Waals surface area contributed by atoms with Gasteiger partial charge >= 0.3 is 17.9 Å². The van der Waals surface area contributed by atoms with Gasteiger partial charge < -0.3 is 18.9 Å². The van der Waals surface area contributed by atoms with Crippen molar-refractivity contribution >= 4 is 29.5 Å². The van der Waals surface area contributed by atoms with Crippen LogP contribution in [-0.2, 0) is 38.1 Å². The number of Topliss-reactive ketones (excluding diaryl/α,β-unsaturated/α-hetero) is 2. The predicted molar refractivity (Wildman–Crippen MR) is 171 cm³/mol. The quantitative estimate of drug-likeness (QED) is 0.173. The molecule has 0 unspecified atom stereocenters. The molecule has 9 nitrogen and oxygen atoms in total. The molecule has 4 aliphatic carbocycles. The van der Waals surface area contributed by atoms with E-state index in [2.05, 4.69) is 6.92 Å². The van der Waals surface area contributed by atoms with Crippen molar-refractivity contribution in [1.29, 1.82) is 0 Å². The molecule has 1 saturated heterocycles. The molecule has 0 radical (unpaired) electrons. The van der Waals surface area contributed by atoms with Gasteiger partial charge in [0.2, 0.25) is 0 Å². The van der Waals surface area contributed by atoms with Gasteiger partial charge in [0.1, 0.15) is 29.7 Å². The zero-order valence-corrected chi connectivity index (χ0v) is 28.6. The summed E-state index contributed by atoms with van der Waals surface area (Å²) in [5.41, 5.74) is -1.32. The van der Waals surface area contributed by atoms with E-state index in [1.54, 1.807) is 24.3 Å². The highest BCUT2D eigenvalue weighted by atomic mass is 16.6. The van der Waals surface area contributed by atoms with Crippen LogP contribution in [0.5, 0.6) is 0 Å². The normalized spacial score (nSPS) is 39.6. The molecule has 0 amide bonds. The topological polar surface area (TPSA) is 126 Å². The summed E-state index contributed by atoms with van der Waals surface area (Å²) in [4.78, 5) is 64.9. The molecule has 1 heterocycles. The molecule has 0 aromatic heterocycles. The summed E-state index contributed by atoms with van der Waals surface area (Å²) >= 11 is 0. The van der Waals surface area contributed by atoms with Crippen molar-refractivity contribution in [3.8, 4) is 0 Å². The van der Waals surface area contributed by atoms with Crippen LogP contribution >= 0.6 is 0 Å². The zero-order chi connectivity index (χ0) is 33.9. The van der Waals surface area contributed by atoms with E-state index < -0.39 is 41.0 Å². The van der Waals surface area contributed by atoms with Crippen LogP contribution in [0.3, 0.4) is 0 Å². The zero-order valence-electron chi connectivity index (χ0n) is 28.6. The van der Waals surface area contributed by atoms with Gasteiger partial charge in [-0.05, 0) is 86.2 Å². The standard InChI is InChI=1S/C38H50O9/c1-21(20-44-23(3)39)12-15-30(41)22(2)32-33(42)34-38(47-34)28-14-13-26-18-27(45-24(4)40)16-17-36(26,5)29(28)19-31(37(32,38)6)46-35(43)25-10-8-7-9-11-25/h7-11,21-22,26-29,31-32,34H,12-20H2,1-6H3/t21-,22+,26+,27+,28-,29+,31-,32+,34-,36+,37-,38-/m1/s1. The second kappa shape index (κ2) is 12.4. The minimum Gasteiger partial charge on any atom is -0.466 e. The number of hydrogen-bond acceptors (Lipinski definition) is 9. The predicted octanol–water partition coefficient (Wildman–Crippen LogP) is 5.91. The van der Waals surface area contributed by atoms with Gasteiger partial charge in [-0.2, -0.15) is 0 Å². The second-order valence-electron chi connectivity index (χ2n) is 15.6. The van der Waals surface area contributed by atoms with Crippen LogP contribution in [-0.4, -0.2) is 60.0 Å². The summed E-state index contributed by atoms with van der Waals surface area (Å²) < 4.78 is 23.9. The maximum atomic E-state index is 14.3. The molecule has 47 heavy (non-hydrogen) atoms. The summed E-state index contributed by atoms with van der Waals surface area (Å²) in [5.74, 6) is -1.73. The van der Waals surface area contributed by atoms with Crippen LogP contribution in [0.2, 0.25) is 0 Å². The summed E-state index contributed by atoms with van der Waals surface area (Å²) in [7, 11) is 0. The van der Waals surface area contributed by atoms with E-state index in [1.807, 2.05) is 26.8 Å². The average molecular weight is 651 g/mol. The molecule has 9 heteroatoms. The first kappa shape index (κ1) is 33.8. The van der Waals surface area contributed by atoms with E-state index in [1.165, 1.54) is 13.8 Å². The van der Waals surface area contributed by atoms with Gasteiger partial charge in [0.15, 0.2) is 5.78 Å². The Hall–Kier alpha value is -3.07. The van der Waals surface area contributed by atoms with Crippen LogP contribution in [0.4, 0.5) is 0 Å². The van der Waals surface area contributed by atoms with Gasteiger partial charge in [-0.25, -0.2) is 4.79 Å². The van der Waals surface area contributed by atoms with Crippen molar-refractivity contribution in [2.24, 2.45) is 46.3 Å². The summed E-state index contributed by atoms with van der Waals surface area (Å²) in [6, 6.07) is 8.92. The van der Waals surface area contributed by atoms with Gasteiger partial charge in [0.25, 0.3) is 0 Å². The van der Waals surface area contributed by atoms with Crippen LogP contribution in [0, 0.1) is 46.3 Å². The molecule has 6 rings (SSSR count). The highest BCUT2D eigenvalue weighted by Gasteiger charge is 2.87. The average Bonchev–Trinajstić information content (AvgIpc) is 3.75. The lowest BCUT2D eigenvalue weighted by Crippen LogP contribution is -2.65. The lowest BCUT2D eigenvalue weighted by molar-refractivity contribution is -0.199. The fraction of sp³-hybridized carbons (Fsp3) is 0.711. The molecule has 0 bridgehead atoms. The summed E-state index contributed by atoms with van der Waals surface area (Å²) in [6.45, 7) is 11.2. The number of epoxide rings is 1. The number of carbonyl (C=O) groups is 5. The van der Waals surface area contributed by atoms with Crippen molar-refractivity contribution in [2.75, 3.05) is 6.61 Å². The smallest absolute Gasteiger partial charge is 0.338 e. The lowest BCUT2D eigenvalue weighted by Gasteiger charge is -2.62. The van der Waals surface area contributed by atoms with Crippen LogP contribution in [0.15, 0.2) is 30.3 Å². The Kier molecular flexibility index (Phi) is 8.94. The van der Waals surface area contributed by atoms with E-state index in [9.17, 15) is 24.0 Å². The number of ether oxygens (including phenoxy) is 4. The van der Waals surface area contributed by atoms with Gasteiger partial charge in [-0.15, -0.1) is 0 Å². The fourth-order valence-corrected chi connectivity index (χ4v) is 10.6. The van der Waals surface area contributed by atoms with E-state index in [4.69, 9.17) is 18.9 Å². The number of carbonyl (C=O) groups excluding carboxylic acids is 5. The van der Waals surface area contributed by atoms with Crippen molar-refractivity contribution in [3.05, 3.63) is 35.9 Å². The maximum Gasteiger partial charge on any atom is 0.338 e. The highest BCUT2D eigenvalue weighted by molar-refractivity contribution is 5.99. The van der Waals surface area contributed by atoms with Crippen LogP contribution in [0.25, 0.3) is 0 Å². The number of fused-ring (bicyclic) bond motifs is 3. The number of esters is 3. The van der Waals surface area contributed by atoms with Crippen LogP contribution < -0.4 is 0 Å². The summed E-state index contributed by atoms with van der Waals surface area (Å²) in [5, 5.41) is 0. The molecule has 256 valence electrons. The number of rotatable bonds is 10. The molecule has 12 atom stereocenters. The Morgan fingerprint density at radius 2 is 1.66 bits per heavy atom. The number of hydrogen-bond donors (Lipinski definition) is 0. The number of benzene rings is 1. The Balaban J connectivity index is 1.31. The van der Waals surface area contributed by atoms with Crippen molar-refractivity contribution in [2.45, 2.75) is 117 Å². The van der Waals surface area contributed by atoms with Crippen molar-refractivity contribution < 1.29 is 42.9 Å². The van der Waals surface area contributed by atoms with E-state index in [0.29, 0.717) is 24.3 Å². The third-order valence-corrected chi connectivity index (χ3v) is 13.1. The molecule has 1 aliphatic heterocycles. The van der Waals surface area contributed by atoms with Crippen molar-refractivity contribution in [3.63, 3.8) is 0 Å². The van der Waals surface area contributed by atoms with Gasteiger partial charge in [0, 0.05) is 37.5 Å². The second-order valence-corrected chi connectivity index (χ2v) is 15.6.